The molecule has 0 aliphatic carbocycles. The van der Waals surface area contributed by atoms with Crippen LogP contribution in [0.5, 0.6) is 28.7 Å². The molecule has 0 saturated heterocycles. The first kappa shape index (κ1) is 18.2. The average Bonchev–Trinajstić information content (AvgIpc) is 2.70. The zero-order valence-electron chi connectivity index (χ0n) is 15.7. The van der Waals surface area contributed by atoms with Gasteiger partial charge in [0.2, 0.25) is 0 Å². The summed E-state index contributed by atoms with van der Waals surface area (Å²) in [4.78, 5) is 0. The predicted octanol–water partition coefficient (Wildman–Crippen LogP) is 2.00. The Morgan fingerprint density at radius 1 is 1.00 bits per heavy atom. The van der Waals surface area contributed by atoms with Crippen LogP contribution in [0.1, 0.15) is 12.5 Å². The summed E-state index contributed by atoms with van der Waals surface area (Å²) in [7, 11) is 4.90. The summed E-state index contributed by atoms with van der Waals surface area (Å²) in [6, 6.07) is 11.8. The van der Waals surface area contributed by atoms with Gasteiger partial charge in [-0.1, -0.05) is 12.1 Å². The number of nitrogens with two attached hydrogens (primary N) is 1. The third kappa shape index (κ3) is 3.80. The van der Waals surface area contributed by atoms with Crippen LogP contribution in [-0.4, -0.2) is 40.1 Å². The second-order valence-electron chi connectivity index (χ2n) is 6.23. The van der Waals surface area contributed by atoms with E-state index in [0.717, 1.165) is 29.4 Å². The molecule has 3 rings (SSSR count). The van der Waals surface area contributed by atoms with E-state index in [1.54, 1.807) is 21.3 Å². The van der Waals surface area contributed by atoms with Crippen LogP contribution in [0.15, 0.2) is 36.4 Å². The van der Waals surface area contributed by atoms with E-state index in [4.69, 9.17) is 23.7 Å². The Hall–Kier alpha value is -2.60. The standard InChI is InChI=1S/C20H25NO5/c1-13(20-12-25-15-7-5-6-8-16(15)26-20)21-11-14-9-18(23-3)19(24-4)10-17(14)22-2/h5-10,13,20-21H,11-12H2,1-4H3/p+1/t13-,20+/m0/s1. The molecule has 0 fully saturated rings. The van der Waals surface area contributed by atoms with Gasteiger partial charge in [-0.15, -0.1) is 0 Å². The fraction of sp³-hybridized carbons (Fsp3) is 0.400. The molecule has 1 aliphatic heterocycles. The van der Waals surface area contributed by atoms with Crippen molar-refractivity contribution in [3.05, 3.63) is 42.0 Å². The molecular weight excluding hydrogens is 334 g/mol. The van der Waals surface area contributed by atoms with Crippen LogP contribution in [0.3, 0.4) is 0 Å². The van der Waals surface area contributed by atoms with Gasteiger partial charge in [0.05, 0.1) is 26.9 Å². The molecule has 0 saturated carbocycles. The normalized spacial score (nSPS) is 16.7. The van der Waals surface area contributed by atoms with E-state index in [-0.39, 0.29) is 12.1 Å². The first-order chi connectivity index (χ1) is 12.7. The molecule has 1 aliphatic rings. The van der Waals surface area contributed by atoms with Crippen LogP contribution in [0.4, 0.5) is 0 Å². The number of hydrogen-bond donors (Lipinski definition) is 1. The van der Waals surface area contributed by atoms with Crippen molar-refractivity contribution in [1.82, 2.24) is 0 Å². The second kappa shape index (κ2) is 8.19. The predicted molar refractivity (Wildman–Crippen MR) is 97.5 cm³/mol. The number of fused-ring (bicyclic) bond motifs is 1. The van der Waals surface area contributed by atoms with E-state index in [1.165, 1.54) is 0 Å². The van der Waals surface area contributed by atoms with Crippen molar-refractivity contribution in [1.29, 1.82) is 0 Å². The highest BCUT2D eigenvalue weighted by atomic mass is 16.6. The molecule has 0 spiro atoms. The molecule has 0 radical (unpaired) electrons. The van der Waals surface area contributed by atoms with Crippen molar-refractivity contribution >= 4 is 0 Å². The minimum absolute atomic E-state index is 0.0176. The lowest BCUT2D eigenvalue weighted by atomic mass is 10.1. The molecule has 2 aromatic rings. The first-order valence-electron chi connectivity index (χ1n) is 8.67. The van der Waals surface area contributed by atoms with Gasteiger partial charge in [-0.05, 0) is 25.1 Å². The number of rotatable bonds is 7. The summed E-state index contributed by atoms with van der Waals surface area (Å²) < 4.78 is 28.1. The molecule has 0 aromatic heterocycles. The van der Waals surface area contributed by atoms with Crippen molar-refractivity contribution in [2.45, 2.75) is 25.6 Å². The monoisotopic (exact) mass is 360 g/mol. The number of quaternary nitrogens is 1. The minimum atomic E-state index is -0.0176. The molecule has 0 bridgehead atoms. The van der Waals surface area contributed by atoms with Gasteiger partial charge in [-0.25, -0.2) is 0 Å². The molecule has 1 heterocycles. The van der Waals surface area contributed by atoms with Gasteiger partial charge in [-0.3, -0.25) is 0 Å². The van der Waals surface area contributed by atoms with Crippen LogP contribution in [0, 0.1) is 0 Å². The summed E-state index contributed by atoms with van der Waals surface area (Å²) in [6.45, 7) is 3.40. The smallest absolute Gasteiger partial charge is 0.184 e. The fourth-order valence-electron chi connectivity index (χ4n) is 3.01. The van der Waals surface area contributed by atoms with Gasteiger partial charge in [0, 0.05) is 6.07 Å². The molecular formula is C20H26NO5+. The Balaban J connectivity index is 1.67. The fourth-order valence-corrected chi connectivity index (χ4v) is 3.01. The number of hydrogen-bond acceptors (Lipinski definition) is 5. The zero-order chi connectivity index (χ0) is 18.5. The molecule has 2 aromatic carbocycles. The van der Waals surface area contributed by atoms with Crippen molar-refractivity contribution in [3.8, 4) is 28.7 Å². The van der Waals surface area contributed by atoms with E-state index >= 15 is 0 Å². The Labute approximate surface area is 154 Å². The Morgan fingerprint density at radius 2 is 1.65 bits per heavy atom. The zero-order valence-corrected chi connectivity index (χ0v) is 15.7. The molecule has 0 amide bonds. The lowest BCUT2D eigenvalue weighted by Gasteiger charge is -2.29. The van der Waals surface area contributed by atoms with Gasteiger partial charge in [0.15, 0.2) is 29.1 Å². The van der Waals surface area contributed by atoms with E-state index in [2.05, 4.69) is 12.2 Å². The summed E-state index contributed by atoms with van der Waals surface area (Å²) >= 11 is 0. The summed E-state index contributed by atoms with van der Waals surface area (Å²) in [6.07, 6.45) is -0.0176. The maximum atomic E-state index is 6.09. The van der Waals surface area contributed by atoms with Crippen molar-refractivity contribution < 1.29 is 29.0 Å². The van der Waals surface area contributed by atoms with Gasteiger partial charge < -0.3 is 29.0 Å². The van der Waals surface area contributed by atoms with Gasteiger partial charge in [0.25, 0.3) is 0 Å². The van der Waals surface area contributed by atoms with Gasteiger partial charge in [-0.2, -0.15) is 0 Å². The average molecular weight is 360 g/mol. The van der Waals surface area contributed by atoms with E-state index in [0.29, 0.717) is 18.1 Å². The lowest BCUT2D eigenvalue weighted by Crippen LogP contribution is -2.91. The lowest BCUT2D eigenvalue weighted by molar-refractivity contribution is -0.707. The highest BCUT2D eigenvalue weighted by Crippen LogP contribution is 2.34. The number of ether oxygens (including phenoxy) is 5. The molecule has 0 unspecified atom stereocenters. The largest absolute Gasteiger partial charge is 0.496 e. The van der Waals surface area contributed by atoms with Crippen LogP contribution in [0.25, 0.3) is 0 Å². The van der Waals surface area contributed by atoms with Crippen LogP contribution in [0.2, 0.25) is 0 Å². The maximum Gasteiger partial charge on any atom is 0.184 e. The second-order valence-corrected chi connectivity index (χ2v) is 6.23. The quantitative estimate of drug-likeness (QED) is 0.818. The SMILES string of the molecule is COc1cc(OC)c(OC)cc1C[NH2+][C@@H](C)[C@H]1COc2ccccc2O1. The van der Waals surface area contributed by atoms with Crippen LogP contribution in [-0.2, 0) is 6.54 Å². The first-order valence-corrected chi connectivity index (χ1v) is 8.67. The number of methoxy groups -OCH3 is 3. The molecule has 2 atom stereocenters. The summed E-state index contributed by atoms with van der Waals surface area (Å²) in [5.74, 6) is 3.72. The third-order valence-corrected chi connectivity index (χ3v) is 4.61. The van der Waals surface area contributed by atoms with Gasteiger partial charge >= 0.3 is 0 Å². The number of para-hydroxylation sites is 2. The Bertz CT molecular complexity index is 749. The highest BCUT2D eigenvalue weighted by Gasteiger charge is 2.28. The minimum Gasteiger partial charge on any atom is -0.496 e. The van der Waals surface area contributed by atoms with E-state index in [9.17, 15) is 0 Å². The summed E-state index contributed by atoms with van der Waals surface area (Å²) in [5, 5.41) is 2.21. The Kier molecular flexibility index (Phi) is 5.73. The van der Waals surface area contributed by atoms with Crippen LogP contribution < -0.4 is 29.0 Å². The Morgan fingerprint density at radius 3 is 2.35 bits per heavy atom. The van der Waals surface area contributed by atoms with Gasteiger partial charge in [0.1, 0.15) is 24.9 Å². The van der Waals surface area contributed by atoms with Crippen molar-refractivity contribution in [3.63, 3.8) is 0 Å². The topological polar surface area (TPSA) is 62.8 Å². The third-order valence-electron chi connectivity index (χ3n) is 4.61. The molecule has 2 N–H and O–H groups in total. The van der Waals surface area contributed by atoms with Crippen LogP contribution >= 0.6 is 0 Å². The molecule has 6 heteroatoms. The molecule has 6 nitrogen and oxygen atoms in total. The number of benzene rings is 2. The van der Waals surface area contributed by atoms with Crippen molar-refractivity contribution in [2.75, 3.05) is 27.9 Å². The molecule has 140 valence electrons. The molecule has 26 heavy (non-hydrogen) atoms. The van der Waals surface area contributed by atoms with E-state index < -0.39 is 0 Å². The highest BCUT2D eigenvalue weighted by molar-refractivity contribution is 5.50. The van der Waals surface area contributed by atoms with Crippen molar-refractivity contribution in [2.24, 2.45) is 0 Å². The maximum absolute atomic E-state index is 6.09. The van der Waals surface area contributed by atoms with E-state index in [1.807, 2.05) is 36.4 Å². The summed E-state index contributed by atoms with van der Waals surface area (Å²) in [5.41, 5.74) is 1.04.